The molecule has 1 atom stereocenters. The molecule has 1 aromatic heterocycles. The first-order chi connectivity index (χ1) is 8.66. The van der Waals surface area contributed by atoms with Crippen LogP contribution >= 0.6 is 11.3 Å². The van der Waals surface area contributed by atoms with E-state index >= 15 is 0 Å². The Bertz CT molecular complexity index is 419. The highest BCUT2D eigenvalue weighted by Gasteiger charge is 2.23. The lowest BCUT2D eigenvalue weighted by Gasteiger charge is -2.15. The average molecular weight is 268 g/mol. The predicted molar refractivity (Wildman–Crippen MR) is 68.5 cm³/mol. The third-order valence-electron chi connectivity index (χ3n) is 2.92. The number of carbonyl (C=O) groups is 2. The Morgan fingerprint density at radius 1 is 1.56 bits per heavy atom. The number of β-amino-alcohol motifs (C(OH)–C–C–N with tert-alkyl or cyclic N) is 1. The number of nitrogens with one attached hydrogen (secondary N) is 1. The number of nitrogens with zero attached hydrogens (tertiary/aromatic N) is 1. The molecule has 0 aliphatic carbocycles. The fourth-order valence-electron chi connectivity index (χ4n) is 1.91. The molecule has 0 saturated carbocycles. The van der Waals surface area contributed by atoms with E-state index in [1.807, 2.05) is 5.38 Å². The normalized spacial score (nSPS) is 18.9. The fraction of sp³-hybridized carbons (Fsp3) is 0.500. The van der Waals surface area contributed by atoms with Gasteiger partial charge in [-0.3, -0.25) is 9.59 Å². The molecule has 1 aliphatic rings. The van der Waals surface area contributed by atoms with Crippen molar-refractivity contribution in [3.05, 3.63) is 22.4 Å². The summed E-state index contributed by atoms with van der Waals surface area (Å²) in [5, 5.41) is 15.6. The highest BCUT2D eigenvalue weighted by molar-refractivity contribution is 7.08. The van der Waals surface area contributed by atoms with Gasteiger partial charge in [0.05, 0.1) is 6.10 Å². The number of aliphatic hydroxyl groups excluding tert-OH is 1. The zero-order chi connectivity index (χ0) is 13.0. The second-order valence-corrected chi connectivity index (χ2v) is 5.08. The van der Waals surface area contributed by atoms with E-state index in [-0.39, 0.29) is 18.2 Å². The minimum Gasteiger partial charge on any atom is -0.391 e. The number of rotatable bonds is 4. The van der Waals surface area contributed by atoms with E-state index in [2.05, 4.69) is 5.32 Å². The van der Waals surface area contributed by atoms with Gasteiger partial charge < -0.3 is 15.3 Å². The van der Waals surface area contributed by atoms with Crippen LogP contribution < -0.4 is 5.32 Å². The molecule has 2 amide bonds. The first kappa shape index (κ1) is 13.0. The van der Waals surface area contributed by atoms with Gasteiger partial charge in [-0.25, -0.2) is 0 Å². The molecule has 1 aliphatic heterocycles. The maximum atomic E-state index is 11.7. The Hall–Kier alpha value is -1.40. The molecule has 18 heavy (non-hydrogen) atoms. The first-order valence-corrected chi connectivity index (χ1v) is 6.87. The summed E-state index contributed by atoms with van der Waals surface area (Å²) < 4.78 is 0. The van der Waals surface area contributed by atoms with Crippen molar-refractivity contribution in [2.45, 2.75) is 18.9 Å². The zero-order valence-corrected chi connectivity index (χ0v) is 10.8. The van der Waals surface area contributed by atoms with E-state index in [4.69, 9.17) is 0 Å². The third-order valence-corrected chi connectivity index (χ3v) is 3.61. The number of aliphatic hydroxyl groups is 1. The van der Waals surface area contributed by atoms with Crippen LogP contribution in [0.3, 0.4) is 0 Å². The second-order valence-electron chi connectivity index (χ2n) is 4.30. The molecule has 0 spiro atoms. The maximum absolute atomic E-state index is 11.7. The monoisotopic (exact) mass is 268 g/mol. The van der Waals surface area contributed by atoms with Crippen LogP contribution in [0.25, 0.3) is 0 Å². The van der Waals surface area contributed by atoms with Crippen molar-refractivity contribution in [2.75, 3.05) is 19.6 Å². The minimum atomic E-state index is -0.394. The zero-order valence-electron chi connectivity index (χ0n) is 9.96. The summed E-state index contributed by atoms with van der Waals surface area (Å²) >= 11 is 1.46. The highest BCUT2D eigenvalue weighted by atomic mass is 32.1. The molecule has 0 unspecified atom stereocenters. The quantitative estimate of drug-likeness (QED) is 0.833. The SMILES string of the molecule is O=C(NCCC(=O)N1CC[C@H](O)C1)c1ccsc1. The Labute approximate surface area is 109 Å². The van der Waals surface area contributed by atoms with Crippen LogP contribution in [0.2, 0.25) is 0 Å². The molecular formula is C12H16N2O3S. The molecule has 0 aromatic carbocycles. The topological polar surface area (TPSA) is 69.6 Å². The van der Waals surface area contributed by atoms with Gasteiger partial charge in [0.15, 0.2) is 0 Å². The standard InChI is InChI=1S/C12H16N2O3S/c15-10-2-5-14(7-10)11(16)1-4-13-12(17)9-3-6-18-8-9/h3,6,8,10,15H,1-2,4-5,7H2,(H,13,17)/t10-/m0/s1. The molecule has 0 radical (unpaired) electrons. The van der Waals surface area contributed by atoms with Gasteiger partial charge in [0.1, 0.15) is 0 Å². The van der Waals surface area contributed by atoms with Crippen LogP contribution in [0, 0.1) is 0 Å². The van der Waals surface area contributed by atoms with Crippen LogP contribution in [-0.4, -0.2) is 47.6 Å². The molecule has 98 valence electrons. The third kappa shape index (κ3) is 3.30. The summed E-state index contributed by atoms with van der Waals surface area (Å²) in [6.45, 7) is 1.36. The van der Waals surface area contributed by atoms with Gasteiger partial charge in [0.2, 0.25) is 5.91 Å². The first-order valence-electron chi connectivity index (χ1n) is 5.93. The van der Waals surface area contributed by atoms with Gasteiger partial charge in [-0.2, -0.15) is 11.3 Å². The van der Waals surface area contributed by atoms with Crippen LogP contribution in [0.4, 0.5) is 0 Å². The van der Waals surface area contributed by atoms with E-state index in [0.29, 0.717) is 31.6 Å². The van der Waals surface area contributed by atoms with E-state index in [0.717, 1.165) is 0 Å². The lowest BCUT2D eigenvalue weighted by molar-refractivity contribution is -0.130. The smallest absolute Gasteiger partial charge is 0.252 e. The Morgan fingerprint density at radius 3 is 3.00 bits per heavy atom. The summed E-state index contributed by atoms with van der Waals surface area (Å²) in [6, 6.07) is 1.75. The fourth-order valence-corrected chi connectivity index (χ4v) is 2.54. The maximum Gasteiger partial charge on any atom is 0.252 e. The van der Waals surface area contributed by atoms with Gasteiger partial charge in [-0.1, -0.05) is 0 Å². The summed E-state index contributed by atoms with van der Waals surface area (Å²) in [7, 11) is 0. The number of hydrogen-bond donors (Lipinski definition) is 2. The highest BCUT2D eigenvalue weighted by Crippen LogP contribution is 2.10. The molecular weight excluding hydrogens is 252 g/mol. The summed E-state index contributed by atoms with van der Waals surface area (Å²) in [5.41, 5.74) is 0.629. The summed E-state index contributed by atoms with van der Waals surface area (Å²) in [5.74, 6) is -0.164. The summed E-state index contributed by atoms with van der Waals surface area (Å²) in [4.78, 5) is 25.0. The van der Waals surface area contributed by atoms with Crippen LogP contribution in [0.15, 0.2) is 16.8 Å². The average Bonchev–Trinajstić information content (AvgIpc) is 2.99. The van der Waals surface area contributed by atoms with E-state index in [1.54, 1.807) is 16.3 Å². The van der Waals surface area contributed by atoms with Gasteiger partial charge in [0, 0.05) is 37.0 Å². The number of hydrogen-bond acceptors (Lipinski definition) is 4. The van der Waals surface area contributed by atoms with Crippen molar-refractivity contribution in [3.8, 4) is 0 Å². The largest absolute Gasteiger partial charge is 0.391 e. The van der Waals surface area contributed by atoms with E-state index in [1.165, 1.54) is 11.3 Å². The van der Waals surface area contributed by atoms with E-state index < -0.39 is 6.10 Å². The lowest BCUT2D eigenvalue weighted by Crippen LogP contribution is -2.33. The van der Waals surface area contributed by atoms with Gasteiger partial charge in [-0.05, 0) is 17.9 Å². The molecule has 1 saturated heterocycles. The van der Waals surface area contributed by atoms with Crippen molar-refractivity contribution >= 4 is 23.2 Å². The molecule has 2 N–H and O–H groups in total. The van der Waals surface area contributed by atoms with Crippen LogP contribution in [0.5, 0.6) is 0 Å². The molecule has 2 rings (SSSR count). The van der Waals surface area contributed by atoms with Crippen molar-refractivity contribution < 1.29 is 14.7 Å². The Balaban J connectivity index is 1.69. The van der Waals surface area contributed by atoms with Crippen molar-refractivity contribution in [2.24, 2.45) is 0 Å². The van der Waals surface area contributed by atoms with Crippen molar-refractivity contribution in [3.63, 3.8) is 0 Å². The molecule has 0 bridgehead atoms. The van der Waals surface area contributed by atoms with E-state index in [9.17, 15) is 14.7 Å². The molecule has 1 aromatic rings. The predicted octanol–water partition coefficient (Wildman–Crippen LogP) is 0.461. The van der Waals surface area contributed by atoms with Gasteiger partial charge in [0.25, 0.3) is 5.91 Å². The van der Waals surface area contributed by atoms with Gasteiger partial charge >= 0.3 is 0 Å². The number of carbonyl (C=O) groups excluding carboxylic acids is 2. The number of amides is 2. The molecule has 5 nitrogen and oxygen atoms in total. The van der Waals surface area contributed by atoms with Gasteiger partial charge in [-0.15, -0.1) is 0 Å². The molecule has 2 heterocycles. The van der Waals surface area contributed by atoms with Crippen molar-refractivity contribution in [1.29, 1.82) is 0 Å². The summed E-state index contributed by atoms with van der Waals surface area (Å²) in [6.07, 6.45) is 0.532. The second kappa shape index (κ2) is 5.97. The number of thiophene rings is 1. The number of likely N-dealkylation sites (tertiary alicyclic amines) is 1. The Kier molecular flexibility index (Phi) is 4.33. The van der Waals surface area contributed by atoms with Crippen LogP contribution in [0.1, 0.15) is 23.2 Å². The lowest BCUT2D eigenvalue weighted by atomic mass is 10.3. The minimum absolute atomic E-state index is 0.0165. The Morgan fingerprint density at radius 2 is 2.39 bits per heavy atom. The molecule has 6 heteroatoms. The van der Waals surface area contributed by atoms with Crippen molar-refractivity contribution in [1.82, 2.24) is 10.2 Å². The van der Waals surface area contributed by atoms with Crippen LogP contribution in [-0.2, 0) is 4.79 Å². The molecule has 1 fully saturated rings.